The van der Waals surface area contributed by atoms with E-state index in [1.165, 1.54) is 12.8 Å². The van der Waals surface area contributed by atoms with E-state index in [9.17, 15) is 10.1 Å². The lowest BCUT2D eigenvalue weighted by atomic mass is 9.87. The Labute approximate surface area is 126 Å². The van der Waals surface area contributed by atoms with E-state index in [0.29, 0.717) is 23.4 Å². The summed E-state index contributed by atoms with van der Waals surface area (Å²) in [4.78, 5) is 10.8. The zero-order valence-corrected chi connectivity index (χ0v) is 12.8. The number of benzene rings is 1. The minimum absolute atomic E-state index is 0.130. The van der Waals surface area contributed by atoms with Gasteiger partial charge in [-0.15, -0.1) is 0 Å². The van der Waals surface area contributed by atoms with Crippen LogP contribution in [0.5, 0.6) is 0 Å². The van der Waals surface area contributed by atoms with Gasteiger partial charge in [0.25, 0.3) is 5.69 Å². The van der Waals surface area contributed by atoms with Gasteiger partial charge in [0.2, 0.25) is 0 Å². The van der Waals surface area contributed by atoms with Gasteiger partial charge in [-0.25, -0.2) is 0 Å². The molecule has 0 amide bonds. The van der Waals surface area contributed by atoms with Crippen LogP contribution in [0, 0.1) is 27.9 Å². The van der Waals surface area contributed by atoms with E-state index in [1.807, 2.05) is 6.07 Å². The van der Waals surface area contributed by atoms with Crippen molar-refractivity contribution in [3.8, 4) is 0 Å². The molecule has 4 nitrogen and oxygen atoms in total. The Bertz CT molecular complexity index is 573. The molecule has 3 rings (SSSR count). The first-order valence-corrected chi connectivity index (χ1v) is 7.72. The van der Waals surface area contributed by atoms with Crippen LogP contribution in [-0.2, 0) is 0 Å². The Kier molecular flexibility index (Phi) is 3.54. The smallest absolute Gasteiger partial charge is 0.293 e. The van der Waals surface area contributed by atoms with E-state index in [0.717, 1.165) is 4.47 Å². The summed E-state index contributed by atoms with van der Waals surface area (Å²) in [7, 11) is 0. The molecule has 20 heavy (non-hydrogen) atoms. The lowest BCUT2D eigenvalue weighted by molar-refractivity contribution is -0.384. The lowest BCUT2D eigenvalue weighted by Crippen LogP contribution is -2.29. The number of nitro groups is 1. The highest BCUT2D eigenvalue weighted by Crippen LogP contribution is 2.45. The topological polar surface area (TPSA) is 55.2 Å². The van der Waals surface area contributed by atoms with Crippen molar-refractivity contribution in [2.75, 3.05) is 5.32 Å². The van der Waals surface area contributed by atoms with Gasteiger partial charge < -0.3 is 5.32 Å². The molecule has 0 aliphatic heterocycles. The third kappa shape index (κ3) is 2.46. The van der Waals surface area contributed by atoms with Crippen molar-refractivity contribution in [3.63, 3.8) is 0 Å². The Balaban J connectivity index is 1.77. The van der Waals surface area contributed by atoms with Crippen molar-refractivity contribution < 1.29 is 4.92 Å². The van der Waals surface area contributed by atoms with Gasteiger partial charge in [-0.2, -0.15) is 0 Å². The summed E-state index contributed by atoms with van der Waals surface area (Å²) in [6.45, 7) is 2.13. The van der Waals surface area contributed by atoms with Crippen LogP contribution in [0.2, 0.25) is 0 Å². The van der Waals surface area contributed by atoms with Gasteiger partial charge in [-0.3, -0.25) is 10.1 Å². The van der Waals surface area contributed by atoms with E-state index in [-0.39, 0.29) is 16.7 Å². The molecule has 1 fully saturated rings. The second-order valence-corrected chi connectivity index (χ2v) is 6.71. The molecule has 0 aromatic heterocycles. The Morgan fingerprint density at radius 2 is 2.20 bits per heavy atom. The molecule has 0 spiro atoms. The van der Waals surface area contributed by atoms with Gasteiger partial charge in [-0.1, -0.05) is 28.1 Å². The molecule has 1 aromatic rings. The van der Waals surface area contributed by atoms with Crippen LogP contribution in [0.1, 0.15) is 19.8 Å². The molecule has 2 aliphatic carbocycles. The van der Waals surface area contributed by atoms with Crippen molar-refractivity contribution in [3.05, 3.63) is 44.9 Å². The summed E-state index contributed by atoms with van der Waals surface area (Å²) in [6, 6.07) is 5.41. The number of anilines is 1. The number of nitrogens with one attached hydrogen (secondary N) is 1. The molecule has 4 unspecified atom stereocenters. The number of fused-ring (bicyclic) bond motifs is 2. The first kappa shape index (κ1) is 13.6. The largest absolute Gasteiger partial charge is 0.377 e. The summed E-state index contributed by atoms with van der Waals surface area (Å²) in [5, 5.41) is 14.5. The maximum atomic E-state index is 11.1. The maximum Gasteiger partial charge on any atom is 0.293 e. The van der Waals surface area contributed by atoms with Gasteiger partial charge in [0.1, 0.15) is 5.69 Å². The molecule has 1 aromatic carbocycles. The quantitative estimate of drug-likeness (QED) is 0.504. The summed E-state index contributed by atoms with van der Waals surface area (Å²) in [5.74, 6) is 1.93. The van der Waals surface area contributed by atoms with Crippen molar-refractivity contribution in [2.24, 2.45) is 17.8 Å². The van der Waals surface area contributed by atoms with Gasteiger partial charge in [0, 0.05) is 16.6 Å². The maximum absolute atomic E-state index is 11.1. The average Bonchev–Trinajstić information content (AvgIpc) is 3.03. The highest BCUT2D eigenvalue weighted by Gasteiger charge is 2.38. The number of hydrogen-bond acceptors (Lipinski definition) is 3. The monoisotopic (exact) mass is 336 g/mol. The number of allylic oxidation sites excluding steroid dienone is 2. The molecule has 1 N–H and O–H groups in total. The molecule has 2 bridgehead atoms. The molecule has 2 aliphatic rings. The van der Waals surface area contributed by atoms with Crippen LogP contribution in [0.4, 0.5) is 11.4 Å². The fourth-order valence-corrected chi connectivity index (χ4v) is 3.88. The molecular weight excluding hydrogens is 320 g/mol. The molecule has 5 heteroatoms. The Morgan fingerprint density at radius 1 is 1.40 bits per heavy atom. The van der Waals surface area contributed by atoms with Crippen LogP contribution in [0.15, 0.2) is 34.8 Å². The molecule has 106 valence electrons. The van der Waals surface area contributed by atoms with E-state index < -0.39 is 0 Å². The van der Waals surface area contributed by atoms with Gasteiger partial charge in [-0.05, 0) is 49.7 Å². The van der Waals surface area contributed by atoms with Crippen LogP contribution in [0.3, 0.4) is 0 Å². The second kappa shape index (κ2) is 5.20. The summed E-state index contributed by atoms with van der Waals surface area (Å²) < 4.78 is 0.727. The summed E-state index contributed by atoms with van der Waals surface area (Å²) >= 11 is 3.28. The molecule has 0 radical (unpaired) electrons. The van der Waals surface area contributed by atoms with Crippen LogP contribution < -0.4 is 5.32 Å². The molecule has 4 atom stereocenters. The SMILES string of the molecule is CC(Nc1ccc(Br)cc1[N+](=O)[O-])C1CC2C=CC1C2. The minimum Gasteiger partial charge on any atom is -0.377 e. The van der Waals surface area contributed by atoms with Crippen molar-refractivity contribution in [2.45, 2.75) is 25.8 Å². The van der Waals surface area contributed by atoms with Gasteiger partial charge in [0.05, 0.1) is 4.92 Å². The first-order chi connectivity index (χ1) is 9.54. The van der Waals surface area contributed by atoms with Crippen LogP contribution in [0.25, 0.3) is 0 Å². The Morgan fingerprint density at radius 3 is 2.80 bits per heavy atom. The number of hydrogen-bond donors (Lipinski definition) is 1. The number of halogens is 1. The van der Waals surface area contributed by atoms with Crippen LogP contribution >= 0.6 is 15.9 Å². The van der Waals surface area contributed by atoms with Crippen molar-refractivity contribution >= 4 is 27.3 Å². The van der Waals surface area contributed by atoms with E-state index in [1.54, 1.807) is 12.1 Å². The Hall–Kier alpha value is -1.36. The molecular formula is C15H17BrN2O2. The fourth-order valence-electron chi connectivity index (χ4n) is 3.53. The van der Waals surface area contributed by atoms with Gasteiger partial charge >= 0.3 is 0 Å². The zero-order valence-electron chi connectivity index (χ0n) is 11.3. The highest BCUT2D eigenvalue weighted by atomic mass is 79.9. The predicted molar refractivity (Wildman–Crippen MR) is 82.7 cm³/mol. The third-order valence-corrected chi connectivity index (χ3v) is 5.01. The third-order valence-electron chi connectivity index (χ3n) is 4.51. The summed E-state index contributed by atoms with van der Waals surface area (Å²) in [5.41, 5.74) is 0.738. The zero-order chi connectivity index (χ0) is 14.3. The fraction of sp³-hybridized carbons (Fsp3) is 0.467. The first-order valence-electron chi connectivity index (χ1n) is 6.93. The normalized spacial score (nSPS) is 28.6. The molecule has 0 heterocycles. The van der Waals surface area contributed by atoms with E-state index in [2.05, 4.69) is 40.3 Å². The van der Waals surface area contributed by atoms with Gasteiger partial charge in [0.15, 0.2) is 0 Å². The molecule has 1 saturated carbocycles. The van der Waals surface area contributed by atoms with E-state index in [4.69, 9.17) is 0 Å². The number of nitrogens with zero attached hydrogens (tertiary/aromatic N) is 1. The van der Waals surface area contributed by atoms with Crippen molar-refractivity contribution in [1.82, 2.24) is 0 Å². The predicted octanol–water partition coefficient (Wildman–Crippen LogP) is 4.37. The highest BCUT2D eigenvalue weighted by molar-refractivity contribution is 9.10. The average molecular weight is 337 g/mol. The number of rotatable bonds is 4. The molecule has 0 saturated heterocycles. The van der Waals surface area contributed by atoms with E-state index >= 15 is 0 Å². The van der Waals surface area contributed by atoms with Crippen LogP contribution in [-0.4, -0.2) is 11.0 Å². The lowest BCUT2D eigenvalue weighted by Gasteiger charge is -2.27. The minimum atomic E-state index is -0.333. The van der Waals surface area contributed by atoms with Crippen molar-refractivity contribution in [1.29, 1.82) is 0 Å². The summed E-state index contributed by atoms with van der Waals surface area (Å²) in [6.07, 6.45) is 7.07. The number of nitro benzene ring substituents is 1. The second-order valence-electron chi connectivity index (χ2n) is 5.80. The standard InChI is InChI=1S/C15H17BrN2O2/c1-9(13-7-10-2-3-11(13)6-10)17-14-5-4-12(16)8-15(14)18(19)20/h2-5,8-11,13,17H,6-7H2,1H3.